The standard InChI is InChI=1S/C22H23FN4O2/c1-15-12-20(21(28)25-14-17-7-3-4-9-19(17)23)27-22(26-15)24-11-10-16-6-5-8-18(13-16)29-2/h3-9,12-13H,10-11,14H2,1-2H3,(H,25,28)(H,24,26,27). The number of amides is 1. The monoisotopic (exact) mass is 394 g/mol. The van der Waals surface area contributed by atoms with Crippen LogP contribution in [0, 0.1) is 12.7 Å². The summed E-state index contributed by atoms with van der Waals surface area (Å²) in [5, 5.41) is 5.84. The van der Waals surface area contributed by atoms with E-state index in [9.17, 15) is 9.18 Å². The molecule has 29 heavy (non-hydrogen) atoms. The number of aryl methyl sites for hydroxylation is 1. The summed E-state index contributed by atoms with van der Waals surface area (Å²) < 4.78 is 18.9. The molecule has 1 amide bonds. The van der Waals surface area contributed by atoms with Crippen LogP contribution < -0.4 is 15.4 Å². The molecule has 0 atom stereocenters. The fourth-order valence-corrected chi connectivity index (χ4v) is 2.82. The van der Waals surface area contributed by atoms with Crippen molar-refractivity contribution in [3.05, 3.63) is 82.9 Å². The first kappa shape index (κ1) is 20.3. The zero-order valence-electron chi connectivity index (χ0n) is 16.4. The van der Waals surface area contributed by atoms with Crippen molar-refractivity contribution in [3.8, 4) is 5.75 Å². The highest BCUT2D eigenvalue weighted by Crippen LogP contribution is 2.13. The summed E-state index contributed by atoms with van der Waals surface area (Å²) in [4.78, 5) is 21.0. The minimum absolute atomic E-state index is 0.0904. The molecule has 0 radical (unpaired) electrons. The molecule has 1 heterocycles. The summed E-state index contributed by atoms with van der Waals surface area (Å²) in [7, 11) is 1.64. The van der Waals surface area contributed by atoms with Crippen LogP contribution in [-0.4, -0.2) is 29.5 Å². The quantitative estimate of drug-likeness (QED) is 0.611. The van der Waals surface area contributed by atoms with Gasteiger partial charge in [0.1, 0.15) is 17.3 Å². The molecule has 2 aromatic carbocycles. The molecule has 0 saturated heterocycles. The van der Waals surface area contributed by atoms with Crippen LogP contribution in [0.3, 0.4) is 0 Å². The number of carbonyl (C=O) groups is 1. The highest BCUT2D eigenvalue weighted by Gasteiger charge is 2.11. The van der Waals surface area contributed by atoms with E-state index >= 15 is 0 Å². The maximum absolute atomic E-state index is 13.7. The Morgan fingerprint density at radius 1 is 1.10 bits per heavy atom. The van der Waals surface area contributed by atoms with Crippen molar-refractivity contribution in [2.75, 3.05) is 19.0 Å². The number of hydrogen-bond donors (Lipinski definition) is 2. The van der Waals surface area contributed by atoms with Gasteiger partial charge < -0.3 is 15.4 Å². The minimum atomic E-state index is -0.380. The Morgan fingerprint density at radius 3 is 2.72 bits per heavy atom. The second kappa shape index (κ2) is 9.64. The van der Waals surface area contributed by atoms with Gasteiger partial charge in [0, 0.05) is 24.3 Å². The van der Waals surface area contributed by atoms with Gasteiger partial charge in [0.25, 0.3) is 5.91 Å². The molecule has 3 rings (SSSR count). The number of rotatable bonds is 8. The largest absolute Gasteiger partial charge is 0.497 e. The SMILES string of the molecule is COc1cccc(CCNc2nc(C)cc(C(=O)NCc3ccccc3F)n2)c1. The van der Waals surface area contributed by atoms with E-state index < -0.39 is 0 Å². The van der Waals surface area contributed by atoms with Crippen LogP contribution >= 0.6 is 0 Å². The molecule has 2 N–H and O–H groups in total. The van der Waals surface area contributed by atoms with Crippen molar-refractivity contribution in [1.29, 1.82) is 0 Å². The Morgan fingerprint density at radius 2 is 1.93 bits per heavy atom. The summed E-state index contributed by atoms with van der Waals surface area (Å²) in [6, 6.07) is 15.8. The first-order valence-electron chi connectivity index (χ1n) is 9.29. The maximum atomic E-state index is 13.7. The first-order valence-corrected chi connectivity index (χ1v) is 9.29. The van der Waals surface area contributed by atoms with Gasteiger partial charge in [-0.3, -0.25) is 4.79 Å². The average Bonchev–Trinajstić information content (AvgIpc) is 2.72. The van der Waals surface area contributed by atoms with Crippen molar-refractivity contribution < 1.29 is 13.9 Å². The summed E-state index contributed by atoms with van der Waals surface area (Å²) in [6.45, 7) is 2.49. The molecular weight excluding hydrogens is 371 g/mol. The zero-order valence-corrected chi connectivity index (χ0v) is 16.4. The van der Waals surface area contributed by atoms with Crippen molar-refractivity contribution >= 4 is 11.9 Å². The molecule has 6 nitrogen and oxygen atoms in total. The minimum Gasteiger partial charge on any atom is -0.497 e. The first-order chi connectivity index (χ1) is 14.0. The molecular formula is C22H23FN4O2. The van der Waals surface area contributed by atoms with E-state index in [1.54, 1.807) is 38.3 Å². The van der Waals surface area contributed by atoms with Gasteiger partial charge in [0.15, 0.2) is 0 Å². The van der Waals surface area contributed by atoms with E-state index in [2.05, 4.69) is 20.6 Å². The molecule has 0 aliphatic carbocycles. The molecule has 0 spiro atoms. The number of ether oxygens (including phenoxy) is 1. The predicted molar refractivity (Wildman–Crippen MR) is 110 cm³/mol. The molecule has 0 unspecified atom stereocenters. The van der Waals surface area contributed by atoms with Crippen LogP contribution in [-0.2, 0) is 13.0 Å². The van der Waals surface area contributed by atoms with Crippen LogP contribution in [0.5, 0.6) is 5.75 Å². The van der Waals surface area contributed by atoms with Gasteiger partial charge >= 0.3 is 0 Å². The fourth-order valence-electron chi connectivity index (χ4n) is 2.82. The maximum Gasteiger partial charge on any atom is 0.270 e. The number of anilines is 1. The van der Waals surface area contributed by atoms with E-state index in [0.717, 1.165) is 17.7 Å². The average molecular weight is 394 g/mol. The third kappa shape index (κ3) is 5.75. The third-order valence-corrected chi connectivity index (χ3v) is 4.32. The number of nitrogens with zero attached hydrogens (tertiary/aromatic N) is 2. The van der Waals surface area contributed by atoms with Crippen LogP contribution in [0.4, 0.5) is 10.3 Å². The van der Waals surface area contributed by atoms with Gasteiger partial charge in [-0.1, -0.05) is 30.3 Å². The highest BCUT2D eigenvalue weighted by atomic mass is 19.1. The number of halogens is 1. The van der Waals surface area contributed by atoms with Crippen LogP contribution in [0.25, 0.3) is 0 Å². The van der Waals surface area contributed by atoms with Crippen molar-refractivity contribution in [2.45, 2.75) is 19.9 Å². The lowest BCUT2D eigenvalue weighted by Gasteiger charge is -2.10. The Bertz CT molecular complexity index is 994. The summed E-state index contributed by atoms with van der Waals surface area (Å²) in [5.41, 5.74) is 2.44. The summed E-state index contributed by atoms with van der Waals surface area (Å²) in [6.07, 6.45) is 0.753. The molecule has 3 aromatic rings. The second-order valence-electron chi connectivity index (χ2n) is 6.52. The molecule has 0 fully saturated rings. The van der Waals surface area contributed by atoms with Gasteiger partial charge in [-0.05, 0) is 43.2 Å². The second-order valence-corrected chi connectivity index (χ2v) is 6.52. The topological polar surface area (TPSA) is 76.1 Å². The lowest BCUT2D eigenvalue weighted by atomic mass is 10.1. The Hall–Kier alpha value is -3.48. The number of benzene rings is 2. The molecule has 0 aliphatic rings. The van der Waals surface area contributed by atoms with Gasteiger partial charge in [-0.25, -0.2) is 14.4 Å². The van der Waals surface area contributed by atoms with E-state index in [0.29, 0.717) is 23.8 Å². The van der Waals surface area contributed by atoms with Crippen molar-refractivity contribution in [3.63, 3.8) is 0 Å². The smallest absolute Gasteiger partial charge is 0.270 e. The lowest BCUT2D eigenvalue weighted by molar-refractivity contribution is 0.0945. The van der Waals surface area contributed by atoms with E-state index in [4.69, 9.17) is 4.74 Å². The number of aromatic nitrogens is 2. The number of methoxy groups -OCH3 is 1. The number of hydrogen-bond acceptors (Lipinski definition) is 5. The fraction of sp³-hybridized carbons (Fsp3) is 0.227. The molecule has 0 bridgehead atoms. The van der Waals surface area contributed by atoms with E-state index in [-0.39, 0.29) is 24.0 Å². The van der Waals surface area contributed by atoms with Gasteiger partial charge in [0.05, 0.1) is 7.11 Å². The van der Waals surface area contributed by atoms with Gasteiger partial charge in [0.2, 0.25) is 5.95 Å². The third-order valence-electron chi connectivity index (χ3n) is 4.32. The van der Waals surface area contributed by atoms with Crippen LogP contribution in [0.2, 0.25) is 0 Å². The van der Waals surface area contributed by atoms with Crippen LogP contribution in [0.15, 0.2) is 54.6 Å². The molecule has 1 aromatic heterocycles. The van der Waals surface area contributed by atoms with Gasteiger partial charge in [-0.2, -0.15) is 0 Å². The molecule has 7 heteroatoms. The zero-order chi connectivity index (χ0) is 20.6. The Kier molecular flexibility index (Phi) is 6.73. The Balaban J connectivity index is 1.59. The molecule has 150 valence electrons. The van der Waals surface area contributed by atoms with E-state index in [1.807, 2.05) is 24.3 Å². The van der Waals surface area contributed by atoms with E-state index in [1.165, 1.54) is 6.07 Å². The van der Waals surface area contributed by atoms with Crippen LogP contribution in [0.1, 0.15) is 27.3 Å². The summed E-state index contributed by atoms with van der Waals surface area (Å²) >= 11 is 0. The molecule has 0 aliphatic heterocycles. The number of nitrogens with one attached hydrogen (secondary N) is 2. The van der Waals surface area contributed by atoms with Gasteiger partial charge in [-0.15, -0.1) is 0 Å². The lowest BCUT2D eigenvalue weighted by Crippen LogP contribution is -2.25. The number of carbonyl (C=O) groups excluding carboxylic acids is 1. The normalized spacial score (nSPS) is 10.4. The van der Waals surface area contributed by atoms with Crippen molar-refractivity contribution in [2.24, 2.45) is 0 Å². The Labute approximate surface area is 169 Å². The summed E-state index contributed by atoms with van der Waals surface area (Å²) in [5.74, 6) is 0.452. The molecule has 0 saturated carbocycles. The highest BCUT2D eigenvalue weighted by molar-refractivity contribution is 5.92. The predicted octanol–water partition coefficient (Wildman–Crippen LogP) is 3.52. The van der Waals surface area contributed by atoms with Crippen molar-refractivity contribution in [1.82, 2.24) is 15.3 Å².